The van der Waals surface area contributed by atoms with E-state index < -0.39 is 0 Å². The van der Waals surface area contributed by atoms with E-state index in [4.69, 9.17) is 4.74 Å². The van der Waals surface area contributed by atoms with Gasteiger partial charge in [-0.2, -0.15) is 5.10 Å². The molecular formula is C9H15N3O2. The Morgan fingerprint density at radius 1 is 1.64 bits per heavy atom. The number of nitrogens with one attached hydrogen (secondary N) is 1. The summed E-state index contributed by atoms with van der Waals surface area (Å²) in [4.78, 5) is 11.0. The molecule has 1 heterocycles. The second kappa shape index (κ2) is 5.26. The summed E-state index contributed by atoms with van der Waals surface area (Å²) >= 11 is 0. The molecule has 0 atom stereocenters. The number of carbonyl (C=O) groups excluding carboxylic acids is 1. The van der Waals surface area contributed by atoms with Crippen molar-refractivity contribution in [3.63, 3.8) is 0 Å². The van der Waals surface area contributed by atoms with E-state index in [9.17, 15) is 4.79 Å². The first kappa shape index (κ1) is 10.6. The summed E-state index contributed by atoms with van der Waals surface area (Å²) in [6.45, 7) is 5.32. The maximum Gasteiger partial charge on any atom is 0.257 e. The number of hydrogen-bond acceptors (Lipinski definition) is 3. The molecule has 1 N–H and O–H groups in total. The van der Waals surface area contributed by atoms with Crippen LogP contribution in [-0.4, -0.2) is 28.8 Å². The maximum atomic E-state index is 11.0. The van der Waals surface area contributed by atoms with E-state index >= 15 is 0 Å². The number of carbonyl (C=O) groups is 1. The van der Waals surface area contributed by atoms with Crippen molar-refractivity contribution in [1.29, 1.82) is 0 Å². The lowest BCUT2D eigenvalue weighted by atomic mass is 10.6. The number of aryl methyl sites for hydroxylation is 1. The number of aromatic nitrogens is 2. The predicted octanol–water partition coefficient (Wildman–Crippen LogP) is 0.418. The highest BCUT2D eigenvalue weighted by Crippen LogP contribution is 2.07. The third-order valence-corrected chi connectivity index (χ3v) is 1.68. The fourth-order valence-corrected chi connectivity index (χ4v) is 0.989. The van der Waals surface area contributed by atoms with E-state index in [-0.39, 0.29) is 12.5 Å². The van der Waals surface area contributed by atoms with Gasteiger partial charge in [-0.1, -0.05) is 0 Å². The van der Waals surface area contributed by atoms with Crippen molar-refractivity contribution in [1.82, 2.24) is 15.1 Å². The third kappa shape index (κ3) is 3.08. The van der Waals surface area contributed by atoms with Gasteiger partial charge in [-0.3, -0.25) is 9.48 Å². The number of hydrogen-bond donors (Lipinski definition) is 1. The summed E-state index contributed by atoms with van der Waals surface area (Å²) in [5.41, 5.74) is 0. The molecule has 0 aliphatic rings. The van der Waals surface area contributed by atoms with Gasteiger partial charge in [0.2, 0.25) is 0 Å². The van der Waals surface area contributed by atoms with Gasteiger partial charge in [-0.25, -0.2) is 0 Å². The van der Waals surface area contributed by atoms with Gasteiger partial charge in [-0.05, 0) is 13.8 Å². The molecule has 0 bridgehead atoms. The highest BCUT2D eigenvalue weighted by atomic mass is 16.5. The largest absolute Gasteiger partial charge is 0.480 e. The van der Waals surface area contributed by atoms with E-state index in [0.29, 0.717) is 12.3 Å². The zero-order chi connectivity index (χ0) is 10.4. The first-order valence-corrected chi connectivity index (χ1v) is 4.68. The fourth-order valence-electron chi connectivity index (χ4n) is 0.989. The minimum Gasteiger partial charge on any atom is -0.480 e. The van der Waals surface area contributed by atoms with Crippen molar-refractivity contribution >= 4 is 5.91 Å². The molecule has 1 aromatic rings. The Labute approximate surface area is 83.1 Å². The average Bonchev–Trinajstić information content (AvgIpc) is 2.63. The molecule has 1 amide bonds. The van der Waals surface area contributed by atoms with Crippen LogP contribution in [0.4, 0.5) is 0 Å². The van der Waals surface area contributed by atoms with E-state index in [1.807, 2.05) is 13.8 Å². The fraction of sp³-hybridized carbons (Fsp3) is 0.556. The Morgan fingerprint density at radius 2 is 2.43 bits per heavy atom. The number of amides is 1. The highest BCUT2D eigenvalue weighted by molar-refractivity contribution is 5.77. The molecule has 0 aromatic carbocycles. The Bertz CT molecular complexity index is 296. The molecule has 1 rings (SSSR count). The van der Waals surface area contributed by atoms with Crippen LogP contribution in [0.2, 0.25) is 0 Å². The van der Waals surface area contributed by atoms with Gasteiger partial charge in [0, 0.05) is 13.1 Å². The molecule has 5 nitrogen and oxygen atoms in total. The van der Waals surface area contributed by atoms with Crippen molar-refractivity contribution in [2.75, 3.05) is 13.2 Å². The quantitative estimate of drug-likeness (QED) is 0.744. The summed E-state index contributed by atoms with van der Waals surface area (Å²) in [7, 11) is 0. The Kier molecular flexibility index (Phi) is 3.97. The molecule has 0 saturated heterocycles. The number of likely N-dealkylation sites (N-methyl/N-ethyl adjacent to an activating group) is 1. The molecule has 0 fully saturated rings. The van der Waals surface area contributed by atoms with Crippen LogP contribution >= 0.6 is 0 Å². The van der Waals surface area contributed by atoms with E-state index in [2.05, 4.69) is 10.4 Å². The Hall–Kier alpha value is -1.52. The molecule has 5 heteroatoms. The molecular weight excluding hydrogens is 182 g/mol. The zero-order valence-electron chi connectivity index (χ0n) is 8.49. The molecule has 0 saturated carbocycles. The second-order valence-corrected chi connectivity index (χ2v) is 2.77. The number of ether oxygens (including phenoxy) is 1. The number of rotatable bonds is 5. The van der Waals surface area contributed by atoms with Gasteiger partial charge in [-0.15, -0.1) is 0 Å². The van der Waals surface area contributed by atoms with Gasteiger partial charge in [0.15, 0.2) is 12.4 Å². The van der Waals surface area contributed by atoms with Crippen molar-refractivity contribution in [2.24, 2.45) is 0 Å². The Balaban J connectivity index is 2.34. The topological polar surface area (TPSA) is 56.1 Å². The molecule has 0 spiro atoms. The van der Waals surface area contributed by atoms with E-state index in [0.717, 1.165) is 6.54 Å². The normalized spacial score (nSPS) is 9.86. The van der Waals surface area contributed by atoms with Crippen LogP contribution in [-0.2, 0) is 11.3 Å². The van der Waals surface area contributed by atoms with Gasteiger partial charge in [0.05, 0.1) is 12.4 Å². The summed E-state index contributed by atoms with van der Waals surface area (Å²) in [5.74, 6) is 0.509. The predicted molar refractivity (Wildman–Crippen MR) is 52.1 cm³/mol. The molecule has 78 valence electrons. The second-order valence-electron chi connectivity index (χ2n) is 2.77. The van der Waals surface area contributed by atoms with Crippen LogP contribution in [0, 0.1) is 0 Å². The van der Waals surface area contributed by atoms with Gasteiger partial charge in [0.1, 0.15) is 0 Å². The summed E-state index contributed by atoms with van der Waals surface area (Å²) < 4.78 is 6.95. The third-order valence-electron chi connectivity index (χ3n) is 1.68. The smallest absolute Gasteiger partial charge is 0.257 e. The summed E-state index contributed by atoms with van der Waals surface area (Å²) in [5, 5.41) is 6.66. The molecule has 0 radical (unpaired) electrons. The van der Waals surface area contributed by atoms with Crippen molar-refractivity contribution in [2.45, 2.75) is 20.4 Å². The van der Waals surface area contributed by atoms with Crippen LogP contribution in [0.3, 0.4) is 0 Å². The summed E-state index contributed by atoms with van der Waals surface area (Å²) in [6, 6.07) is 0. The van der Waals surface area contributed by atoms with Crippen LogP contribution in [0.5, 0.6) is 5.75 Å². The first-order valence-electron chi connectivity index (χ1n) is 4.68. The van der Waals surface area contributed by atoms with Crippen molar-refractivity contribution < 1.29 is 9.53 Å². The first-order chi connectivity index (χ1) is 6.76. The monoisotopic (exact) mass is 197 g/mol. The van der Waals surface area contributed by atoms with Crippen molar-refractivity contribution in [3.05, 3.63) is 12.4 Å². The molecule has 0 unspecified atom stereocenters. The number of nitrogens with zero attached hydrogens (tertiary/aromatic N) is 2. The van der Waals surface area contributed by atoms with Gasteiger partial charge < -0.3 is 10.1 Å². The Morgan fingerprint density at radius 3 is 3.00 bits per heavy atom. The molecule has 0 aliphatic heterocycles. The van der Waals surface area contributed by atoms with Crippen molar-refractivity contribution in [3.8, 4) is 5.75 Å². The standard InChI is InChI=1S/C9H15N3O2/c1-3-10-9(13)7-14-8-5-11-12(4-2)6-8/h5-6H,3-4,7H2,1-2H3,(H,10,13). The lowest BCUT2D eigenvalue weighted by Gasteiger charge is -2.02. The summed E-state index contributed by atoms with van der Waals surface area (Å²) in [6.07, 6.45) is 3.36. The highest BCUT2D eigenvalue weighted by Gasteiger charge is 2.02. The average molecular weight is 197 g/mol. The lowest BCUT2D eigenvalue weighted by Crippen LogP contribution is -2.28. The molecule has 0 aliphatic carbocycles. The minimum atomic E-state index is -0.114. The van der Waals surface area contributed by atoms with Crippen LogP contribution in [0.1, 0.15) is 13.8 Å². The van der Waals surface area contributed by atoms with E-state index in [1.165, 1.54) is 0 Å². The van der Waals surface area contributed by atoms with Crippen LogP contribution < -0.4 is 10.1 Å². The van der Waals surface area contributed by atoms with Crippen LogP contribution in [0.15, 0.2) is 12.4 Å². The van der Waals surface area contributed by atoms with Gasteiger partial charge in [0.25, 0.3) is 5.91 Å². The minimum absolute atomic E-state index is 0.0449. The maximum absolute atomic E-state index is 11.0. The SMILES string of the molecule is CCNC(=O)COc1cnn(CC)c1. The molecule has 1 aromatic heterocycles. The zero-order valence-corrected chi connectivity index (χ0v) is 8.49. The van der Waals surface area contributed by atoms with Gasteiger partial charge >= 0.3 is 0 Å². The lowest BCUT2D eigenvalue weighted by molar-refractivity contribution is -0.122. The van der Waals surface area contributed by atoms with E-state index in [1.54, 1.807) is 17.1 Å². The molecule has 14 heavy (non-hydrogen) atoms. The van der Waals surface area contributed by atoms with Crippen LogP contribution in [0.25, 0.3) is 0 Å².